The van der Waals surface area contributed by atoms with Gasteiger partial charge in [-0.3, -0.25) is 4.90 Å². The maximum atomic E-state index is 12.5. The summed E-state index contributed by atoms with van der Waals surface area (Å²) in [6.45, 7) is 6.36. The van der Waals surface area contributed by atoms with Crippen LogP contribution in [0.25, 0.3) is 0 Å². The minimum absolute atomic E-state index is 0.180. The zero-order valence-corrected chi connectivity index (χ0v) is 12.1. The van der Waals surface area contributed by atoms with E-state index in [2.05, 4.69) is 9.80 Å². The summed E-state index contributed by atoms with van der Waals surface area (Å²) < 4.78 is 37.6. The summed E-state index contributed by atoms with van der Waals surface area (Å²) in [6, 6.07) is 5.34. The summed E-state index contributed by atoms with van der Waals surface area (Å²) in [7, 11) is 0. The summed E-state index contributed by atoms with van der Waals surface area (Å²) >= 11 is 0. The van der Waals surface area contributed by atoms with Gasteiger partial charge in [-0.2, -0.15) is 13.2 Å². The molecule has 2 rings (SSSR count). The molecular weight excluding hydrogens is 281 g/mol. The molecule has 6 heteroatoms. The van der Waals surface area contributed by atoms with Crippen molar-refractivity contribution >= 4 is 5.69 Å². The Bertz CT molecular complexity index is 439. The first-order valence-electron chi connectivity index (χ1n) is 7.15. The molecule has 1 aliphatic rings. The van der Waals surface area contributed by atoms with Gasteiger partial charge in [-0.05, 0) is 30.2 Å². The van der Waals surface area contributed by atoms with E-state index in [1.807, 2.05) is 6.92 Å². The van der Waals surface area contributed by atoms with Gasteiger partial charge in [0.25, 0.3) is 0 Å². The van der Waals surface area contributed by atoms with Crippen molar-refractivity contribution in [2.45, 2.75) is 13.1 Å². The first kappa shape index (κ1) is 16.1. The van der Waals surface area contributed by atoms with Crippen molar-refractivity contribution in [3.8, 4) is 0 Å². The Labute approximate surface area is 123 Å². The molecular formula is C15H21F3N2O. The minimum Gasteiger partial charge on any atom is -0.396 e. The fourth-order valence-electron chi connectivity index (χ4n) is 2.55. The topological polar surface area (TPSA) is 26.7 Å². The van der Waals surface area contributed by atoms with Gasteiger partial charge >= 0.3 is 6.18 Å². The number of alkyl halides is 3. The average Bonchev–Trinajstić information content (AvgIpc) is 2.47. The lowest BCUT2D eigenvalue weighted by atomic mass is 10.1. The van der Waals surface area contributed by atoms with E-state index in [1.165, 1.54) is 12.1 Å². The number of aliphatic hydroxyl groups is 1. The van der Waals surface area contributed by atoms with Crippen LogP contribution in [0.4, 0.5) is 18.9 Å². The third-order valence-electron chi connectivity index (χ3n) is 3.81. The van der Waals surface area contributed by atoms with Crippen molar-refractivity contribution in [2.75, 3.05) is 44.2 Å². The number of anilines is 1. The van der Waals surface area contributed by atoms with Crippen LogP contribution in [0.3, 0.4) is 0 Å². The molecule has 0 aliphatic carbocycles. The number of nitrogens with zero attached hydrogens (tertiary/aromatic N) is 2. The van der Waals surface area contributed by atoms with Crippen molar-refractivity contribution in [2.24, 2.45) is 5.92 Å². The van der Waals surface area contributed by atoms with E-state index in [1.54, 1.807) is 0 Å². The van der Waals surface area contributed by atoms with Gasteiger partial charge in [0.1, 0.15) is 0 Å². The van der Waals surface area contributed by atoms with E-state index in [-0.39, 0.29) is 12.5 Å². The van der Waals surface area contributed by atoms with Gasteiger partial charge in [-0.25, -0.2) is 0 Å². The molecule has 0 bridgehead atoms. The quantitative estimate of drug-likeness (QED) is 0.925. The molecule has 1 aromatic carbocycles. The summed E-state index contributed by atoms with van der Waals surface area (Å²) in [5, 5.41) is 9.06. The van der Waals surface area contributed by atoms with Gasteiger partial charge < -0.3 is 10.0 Å². The van der Waals surface area contributed by atoms with Crippen molar-refractivity contribution in [3.63, 3.8) is 0 Å². The van der Waals surface area contributed by atoms with Crippen LogP contribution in [-0.4, -0.2) is 49.3 Å². The monoisotopic (exact) mass is 302 g/mol. The number of halogens is 3. The highest BCUT2D eigenvalue weighted by atomic mass is 19.4. The van der Waals surface area contributed by atoms with Gasteiger partial charge in [-0.15, -0.1) is 0 Å². The molecule has 1 heterocycles. The molecule has 21 heavy (non-hydrogen) atoms. The molecule has 0 unspecified atom stereocenters. The zero-order chi connectivity index (χ0) is 15.5. The van der Waals surface area contributed by atoms with Crippen molar-refractivity contribution in [3.05, 3.63) is 29.8 Å². The molecule has 0 saturated carbocycles. The summed E-state index contributed by atoms with van der Waals surface area (Å²) in [5.74, 6) is 0.252. The van der Waals surface area contributed by atoms with E-state index >= 15 is 0 Å². The molecule has 1 N–H and O–H groups in total. The van der Waals surface area contributed by atoms with Crippen LogP contribution >= 0.6 is 0 Å². The fraction of sp³-hybridized carbons (Fsp3) is 0.600. The predicted molar refractivity (Wildman–Crippen MR) is 76.3 cm³/mol. The zero-order valence-electron chi connectivity index (χ0n) is 12.1. The number of hydrogen-bond acceptors (Lipinski definition) is 3. The summed E-state index contributed by atoms with van der Waals surface area (Å²) in [6.07, 6.45) is -4.28. The van der Waals surface area contributed by atoms with E-state index < -0.39 is 11.7 Å². The average molecular weight is 302 g/mol. The Kier molecular flexibility index (Phi) is 5.11. The number of piperazine rings is 1. The molecule has 1 atom stereocenters. The molecule has 1 aromatic rings. The molecule has 0 spiro atoms. The standard InChI is InChI=1S/C15H21F3N2O/c1-12(11-21)10-19-6-8-20(9-7-19)14-4-2-13(3-5-14)15(16,17)18/h2-5,12,21H,6-11H2,1H3/t12-/m0/s1. The van der Waals surface area contributed by atoms with Gasteiger partial charge in [-0.1, -0.05) is 6.92 Å². The number of aliphatic hydroxyl groups excluding tert-OH is 1. The van der Waals surface area contributed by atoms with E-state index in [4.69, 9.17) is 5.11 Å². The second-order valence-electron chi connectivity index (χ2n) is 5.62. The van der Waals surface area contributed by atoms with Crippen molar-refractivity contribution < 1.29 is 18.3 Å². The molecule has 118 valence electrons. The van der Waals surface area contributed by atoms with E-state index in [0.29, 0.717) is 0 Å². The molecule has 1 saturated heterocycles. The number of hydrogen-bond donors (Lipinski definition) is 1. The maximum Gasteiger partial charge on any atom is 0.416 e. The largest absolute Gasteiger partial charge is 0.416 e. The summed E-state index contributed by atoms with van der Waals surface area (Å²) in [5.41, 5.74) is 0.222. The van der Waals surface area contributed by atoms with Gasteiger partial charge in [0.05, 0.1) is 5.56 Å². The second-order valence-corrected chi connectivity index (χ2v) is 5.62. The Balaban J connectivity index is 1.90. The normalized spacial score (nSPS) is 18.8. The Morgan fingerprint density at radius 1 is 1.10 bits per heavy atom. The molecule has 0 radical (unpaired) electrons. The van der Waals surface area contributed by atoms with Crippen LogP contribution < -0.4 is 4.90 Å². The molecule has 0 amide bonds. The molecule has 1 fully saturated rings. The SMILES string of the molecule is C[C@H](CO)CN1CCN(c2ccc(C(F)(F)F)cc2)CC1. The van der Waals surface area contributed by atoms with Crippen LogP contribution in [0.5, 0.6) is 0 Å². The maximum absolute atomic E-state index is 12.5. The van der Waals surface area contributed by atoms with Crippen LogP contribution in [0.2, 0.25) is 0 Å². The van der Waals surface area contributed by atoms with Crippen LogP contribution in [0.1, 0.15) is 12.5 Å². The van der Waals surface area contributed by atoms with E-state index in [0.717, 1.165) is 50.5 Å². The highest BCUT2D eigenvalue weighted by Crippen LogP contribution is 2.30. The van der Waals surface area contributed by atoms with Crippen LogP contribution in [0, 0.1) is 5.92 Å². The molecule has 3 nitrogen and oxygen atoms in total. The first-order chi connectivity index (χ1) is 9.90. The lowest BCUT2D eigenvalue weighted by Gasteiger charge is -2.37. The Morgan fingerprint density at radius 2 is 1.67 bits per heavy atom. The second kappa shape index (κ2) is 6.66. The van der Waals surface area contributed by atoms with Crippen LogP contribution in [-0.2, 0) is 6.18 Å². The number of rotatable bonds is 4. The van der Waals surface area contributed by atoms with Crippen molar-refractivity contribution in [1.82, 2.24) is 4.90 Å². The lowest BCUT2D eigenvalue weighted by Crippen LogP contribution is -2.47. The Hall–Kier alpha value is -1.27. The summed E-state index contributed by atoms with van der Waals surface area (Å²) in [4.78, 5) is 4.38. The number of benzene rings is 1. The third-order valence-corrected chi connectivity index (χ3v) is 3.81. The third kappa shape index (κ3) is 4.35. The minimum atomic E-state index is -4.28. The highest BCUT2D eigenvalue weighted by Gasteiger charge is 2.30. The Morgan fingerprint density at radius 3 is 2.14 bits per heavy atom. The predicted octanol–water partition coefficient (Wildman–Crippen LogP) is 2.46. The van der Waals surface area contributed by atoms with E-state index in [9.17, 15) is 13.2 Å². The van der Waals surface area contributed by atoms with Gasteiger partial charge in [0.15, 0.2) is 0 Å². The van der Waals surface area contributed by atoms with Crippen LogP contribution in [0.15, 0.2) is 24.3 Å². The van der Waals surface area contributed by atoms with Crippen molar-refractivity contribution in [1.29, 1.82) is 0 Å². The van der Waals surface area contributed by atoms with Gasteiger partial charge in [0.2, 0.25) is 0 Å². The molecule has 0 aromatic heterocycles. The lowest BCUT2D eigenvalue weighted by molar-refractivity contribution is -0.137. The molecule has 1 aliphatic heterocycles. The first-order valence-corrected chi connectivity index (χ1v) is 7.15. The van der Waals surface area contributed by atoms with Gasteiger partial charge in [0, 0.05) is 45.0 Å². The fourth-order valence-corrected chi connectivity index (χ4v) is 2.55. The highest BCUT2D eigenvalue weighted by molar-refractivity contribution is 5.48. The smallest absolute Gasteiger partial charge is 0.396 e.